The van der Waals surface area contributed by atoms with Gasteiger partial charge in [-0.3, -0.25) is 0 Å². The van der Waals surface area contributed by atoms with Crippen LogP contribution in [0.5, 0.6) is 0 Å². The minimum Gasteiger partial charge on any atom is -0.318 e. The number of nitrogens with zero attached hydrogens (tertiary/aromatic N) is 2. The molecule has 0 unspecified atom stereocenters. The molecule has 0 saturated carbocycles. The van der Waals surface area contributed by atoms with Crippen molar-refractivity contribution in [1.82, 2.24) is 8.38 Å². The molecule has 5 nitrogen and oxygen atoms in total. The Bertz CT molecular complexity index is 310. The van der Waals surface area contributed by atoms with Crippen LogP contribution in [0.4, 0.5) is 9.18 Å². The van der Waals surface area contributed by atoms with Gasteiger partial charge >= 0.3 is 6.16 Å². The van der Waals surface area contributed by atoms with Crippen LogP contribution in [0, 0.1) is 0 Å². The van der Waals surface area contributed by atoms with Gasteiger partial charge in [0, 0.05) is 13.1 Å². The van der Waals surface area contributed by atoms with E-state index < -0.39 is 12.8 Å². The van der Waals surface area contributed by atoms with E-state index in [0.29, 0.717) is 13.2 Å². The predicted octanol–water partition coefficient (Wildman–Crippen LogP) is 3.58. The lowest BCUT2D eigenvalue weighted by molar-refractivity contribution is 0.207. The second kappa shape index (κ2) is 8.45. The molecule has 0 aromatic carbocycles. The standard InChI is InChI=1S/C9H20FN2O3PS2/c1-6-14-16(17,15-7-2)12(8(3)4)18-11(5)9(10)13/h8H,6-7H2,1-5H3. The highest BCUT2D eigenvalue weighted by Gasteiger charge is 2.33. The monoisotopic (exact) mass is 318 g/mol. The first-order valence-electron chi connectivity index (χ1n) is 5.58. The molecule has 0 spiro atoms. The predicted molar refractivity (Wildman–Crippen MR) is 76.4 cm³/mol. The smallest absolute Gasteiger partial charge is 0.318 e. The summed E-state index contributed by atoms with van der Waals surface area (Å²) in [6.07, 6.45) is -1.54. The van der Waals surface area contributed by atoms with E-state index in [1.165, 1.54) is 7.05 Å². The first-order valence-corrected chi connectivity index (χ1v) is 8.90. The summed E-state index contributed by atoms with van der Waals surface area (Å²) in [4.78, 5) is 10.7. The fourth-order valence-corrected chi connectivity index (χ4v) is 5.52. The summed E-state index contributed by atoms with van der Waals surface area (Å²) in [5.41, 5.74) is 0. The lowest BCUT2D eigenvalue weighted by atomic mass is 10.4. The largest absolute Gasteiger partial charge is 0.410 e. The number of hydrogen-bond acceptors (Lipinski definition) is 5. The van der Waals surface area contributed by atoms with Crippen LogP contribution in [0.1, 0.15) is 27.7 Å². The molecule has 0 heterocycles. The second-order valence-corrected chi connectivity index (χ2v) is 8.18. The van der Waals surface area contributed by atoms with E-state index in [0.717, 1.165) is 16.4 Å². The molecule has 1 amide bonds. The fraction of sp³-hybridized carbons (Fsp3) is 0.889. The van der Waals surface area contributed by atoms with Crippen LogP contribution < -0.4 is 0 Å². The average molecular weight is 318 g/mol. The van der Waals surface area contributed by atoms with Gasteiger partial charge in [0.2, 0.25) is 0 Å². The molecular weight excluding hydrogens is 298 g/mol. The quantitative estimate of drug-likeness (QED) is 0.295. The Balaban J connectivity index is 5.04. The van der Waals surface area contributed by atoms with Crippen LogP contribution in [0.2, 0.25) is 0 Å². The molecule has 0 atom stereocenters. The van der Waals surface area contributed by atoms with Crippen molar-refractivity contribution in [3.63, 3.8) is 0 Å². The number of carbonyl (C=O) groups is 1. The lowest BCUT2D eigenvalue weighted by Gasteiger charge is -2.35. The summed E-state index contributed by atoms with van der Waals surface area (Å²) in [7, 11) is 1.33. The molecule has 9 heteroatoms. The molecular formula is C9H20FN2O3PS2. The minimum atomic E-state index is -2.71. The van der Waals surface area contributed by atoms with Gasteiger partial charge in [0.1, 0.15) is 0 Å². The topological polar surface area (TPSA) is 42.0 Å². The Morgan fingerprint density at radius 3 is 2.11 bits per heavy atom. The molecule has 0 aromatic rings. The van der Waals surface area contributed by atoms with E-state index in [1.54, 1.807) is 4.08 Å². The zero-order chi connectivity index (χ0) is 14.3. The normalized spacial score (nSPS) is 12.2. The first kappa shape index (κ1) is 18.3. The van der Waals surface area contributed by atoms with Gasteiger partial charge in [-0.2, -0.15) is 4.08 Å². The maximum atomic E-state index is 12.6. The molecule has 108 valence electrons. The van der Waals surface area contributed by atoms with Crippen molar-refractivity contribution in [1.29, 1.82) is 0 Å². The summed E-state index contributed by atoms with van der Waals surface area (Å²) in [6, 6.07) is -0.0549. The molecule has 0 N–H and O–H groups in total. The summed E-state index contributed by atoms with van der Waals surface area (Å²) in [5.74, 6) is 0. The first-order chi connectivity index (χ1) is 8.28. The minimum absolute atomic E-state index is 0.0549. The number of halogens is 1. The summed E-state index contributed by atoms with van der Waals surface area (Å²) in [6.45, 7) is 5.46. The zero-order valence-corrected chi connectivity index (χ0v) is 13.8. The van der Waals surface area contributed by atoms with Gasteiger partial charge in [0.25, 0.3) is 6.64 Å². The SMILES string of the molecule is CCOP(=S)(OCC)N(SN(C)C(=O)F)C(C)C. The van der Waals surface area contributed by atoms with E-state index in [1.807, 2.05) is 27.7 Å². The van der Waals surface area contributed by atoms with E-state index >= 15 is 0 Å². The van der Waals surface area contributed by atoms with Gasteiger partial charge in [-0.1, -0.05) is 0 Å². The van der Waals surface area contributed by atoms with Gasteiger partial charge in [0.15, 0.2) is 0 Å². The van der Waals surface area contributed by atoms with E-state index in [-0.39, 0.29) is 6.04 Å². The molecule has 0 rings (SSSR count). The van der Waals surface area contributed by atoms with E-state index in [2.05, 4.69) is 0 Å². The molecule has 0 aromatic heterocycles. The molecule has 0 aliphatic heterocycles. The van der Waals surface area contributed by atoms with Crippen LogP contribution in [-0.2, 0) is 20.9 Å². The number of hydrogen-bond donors (Lipinski definition) is 0. The Labute approximate surface area is 117 Å². The van der Waals surface area contributed by atoms with Crippen molar-refractivity contribution in [2.24, 2.45) is 0 Å². The molecule has 0 aliphatic rings. The maximum Gasteiger partial charge on any atom is 0.410 e. The van der Waals surface area contributed by atoms with Crippen molar-refractivity contribution >= 4 is 36.7 Å². The second-order valence-electron chi connectivity index (χ2n) is 3.53. The highest BCUT2D eigenvalue weighted by Crippen LogP contribution is 2.57. The van der Waals surface area contributed by atoms with Crippen molar-refractivity contribution in [3.05, 3.63) is 0 Å². The maximum absolute atomic E-state index is 12.6. The van der Waals surface area contributed by atoms with E-state index in [4.69, 9.17) is 20.9 Å². The molecule has 0 aliphatic carbocycles. The van der Waals surface area contributed by atoms with Crippen molar-refractivity contribution in [3.8, 4) is 0 Å². The molecule has 0 saturated heterocycles. The Morgan fingerprint density at radius 1 is 1.39 bits per heavy atom. The molecule has 0 fully saturated rings. The van der Waals surface area contributed by atoms with E-state index in [9.17, 15) is 9.18 Å². The fourth-order valence-electron chi connectivity index (χ4n) is 1.06. The average Bonchev–Trinajstić information content (AvgIpc) is 2.25. The molecule has 0 bridgehead atoms. The van der Waals surface area contributed by atoms with Gasteiger partial charge in [0.05, 0.1) is 25.3 Å². The van der Waals surface area contributed by atoms with Crippen LogP contribution in [-0.4, -0.2) is 40.8 Å². The summed E-state index contributed by atoms with van der Waals surface area (Å²) >= 11 is 6.30. The molecule has 18 heavy (non-hydrogen) atoms. The van der Waals surface area contributed by atoms with Gasteiger partial charge in [-0.05, 0) is 39.5 Å². The third-order valence-electron chi connectivity index (χ3n) is 1.72. The highest BCUT2D eigenvalue weighted by atomic mass is 32.5. The third kappa shape index (κ3) is 5.50. The number of rotatable bonds is 8. The summed E-state index contributed by atoms with van der Waals surface area (Å²) < 4.78 is 26.2. The van der Waals surface area contributed by atoms with Crippen LogP contribution in [0.25, 0.3) is 0 Å². The van der Waals surface area contributed by atoms with Crippen LogP contribution >= 0.6 is 18.8 Å². The highest BCUT2D eigenvalue weighted by molar-refractivity contribution is 8.15. The molecule has 0 radical (unpaired) electrons. The van der Waals surface area contributed by atoms with Crippen molar-refractivity contribution in [2.75, 3.05) is 20.3 Å². The van der Waals surface area contributed by atoms with Crippen LogP contribution in [0.15, 0.2) is 0 Å². The van der Waals surface area contributed by atoms with Gasteiger partial charge < -0.3 is 9.05 Å². The Morgan fingerprint density at radius 2 is 1.83 bits per heavy atom. The zero-order valence-electron chi connectivity index (χ0n) is 11.3. The Kier molecular flexibility index (Phi) is 8.58. The van der Waals surface area contributed by atoms with Crippen LogP contribution in [0.3, 0.4) is 0 Å². The lowest BCUT2D eigenvalue weighted by Crippen LogP contribution is -2.29. The third-order valence-corrected chi connectivity index (χ3v) is 7.15. The van der Waals surface area contributed by atoms with Gasteiger partial charge in [-0.15, -0.1) is 4.39 Å². The number of carbonyl (C=O) groups excluding carboxylic acids is 1. The van der Waals surface area contributed by atoms with Gasteiger partial charge in [-0.25, -0.2) is 9.10 Å². The Hall–Kier alpha value is 0.280. The van der Waals surface area contributed by atoms with Crippen molar-refractivity contribution in [2.45, 2.75) is 33.7 Å². The van der Waals surface area contributed by atoms with Crippen molar-refractivity contribution < 1.29 is 18.2 Å². The number of amides is 1. The summed E-state index contributed by atoms with van der Waals surface area (Å²) in [5, 5.41) is 0.